The van der Waals surface area contributed by atoms with Crippen molar-refractivity contribution in [2.75, 3.05) is 39.3 Å². The van der Waals surface area contributed by atoms with Crippen molar-refractivity contribution < 1.29 is 14.3 Å². The summed E-state index contributed by atoms with van der Waals surface area (Å²) in [5, 5.41) is 3.04. The van der Waals surface area contributed by atoms with Crippen molar-refractivity contribution in [3.8, 4) is 5.75 Å². The second-order valence-electron chi connectivity index (χ2n) is 9.13. The number of urea groups is 1. The number of nitrogens with one attached hydrogen (secondary N) is 1. The maximum Gasteiger partial charge on any atom is 0.317 e. The SMILES string of the molecule is CC1(C)CN(C(=O)NCc2ccccc2)CC2CN(C(=O)COc3ccccc3)CCN21. The van der Waals surface area contributed by atoms with Crippen LogP contribution in [-0.4, -0.2) is 77.5 Å². The molecule has 2 heterocycles. The van der Waals surface area contributed by atoms with Crippen molar-refractivity contribution in [2.24, 2.45) is 0 Å². The largest absolute Gasteiger partial charge is 0.484 e. The molecule has 7 heteroatoms. The minimum Gasteiger partial charge on any atom is -0.484 e. The first-order valence-electron chi connectivity index (χ1n) is 11.2. The van der Waals surface area contributed by atoms with Crippen molar-refractivity contribution in [1.29, 1.82) is 0 Å². The van der Waals surface area contributed by atoms with Crippen LogP contribution in [0.3, 0.4) is 0 Å². The average Bonchev–Trinajstić information content (AvgIpc) is 2.81. The van der Waals surface area contributed by atoms with Gasteiger partial charge in [0.1, 0.15) is 5.75 Å². The molecule has 32 heavy (non-hydrogen) atoms. The summed E-state index contributed by atoms with van der Waals surface area (Å²) in [5.74, 6) is 0.677. The second-order valence-corrected chi connectivity index (χ2v) is 9.13. The molecule has 2 fully saturated rings. The smallest absolute Gasteiger partial charge is 0.317 e. The molecule has 1 N–H and O–H groups in total. The number of rotatable bonds is 5. The zero-order valence-corrected chi connectivity index (χ0v) is 18.9. The second kappa shape index (κ2) is 9.61. The van der Waals surface area contributed by atoms with Gasteiger partial charge in [0.05, 0.1) is 0 Å². The maximum atomic E-state index is 12.9. The van der Waals surface area contributed by atoms with Crippen LogP contribution in [0, 0.1) is 0 Å². The summed E-state index contributed by atoms with van der Waals surface area (Å²) in [5.41, 5.74) is 0.925. The molecule has 2 aromatic carbocycles. The molecule has 2 saturated heterocycles. The van der Waals surface area contributed by atoms with Crippen LogP contribution in [0.2, 0.25) is 0 Å². The van der Waals surface area contributed by atoms with E-state index in [1.807, 2.05) is 70.5 Å². The monoisotopic (exact) mass is 436 g/mol. The number of amides is 3. The van der Waals surface area contributed by atoms with Crippen LogP contribution in [0.15, 0.2) is 60.7 Å². The summed E-state index contributed by atoms with van der Waals surface area (Å²) < 4.78 is 5.65. The quantitative estimate of drug-likeness (QED) is 0.783. The molecular weight excluding hydrogens is 404 g/mol. The molecule has 0 aliphatic carbocycles. The Morgan fingerprint density at radius 2 is 1.62 bits per heavy atom. The molecule has 2 aliphatic heterocycles. The number of nitrogens with zero attached hydrogens (tertiary/aromatic N) is 3. The Bertz CT molecular complexity index is 917. The molecule has 170 valence electrons. The van der Waals surface area contributed by atoms with Crippen molar-refractivity contribution in [3.63, 3.8) is 0 Å². The third-order valence-electron chi connectivity index (χ3n) is 6.30. The van der Waals surface area contributed by atoms with E-state index in [2.05, 4.69) is 24.1 Å². The van der Waals surface area contributed by atoms with Crippen LogP contribution < -0.4 is 10.1 Å². The summed E-state index contributed by atoms with van der Waals surface area (Å²) in [6.07, 6.45) is 0. The van der Waals surface area contributed by atoms with Gasteiger partial charge in [-0.1, -0.05) is 48.5 Å². The molecule has 0 spiro atoms. The first-order chi connectivity index (χ1) is 15.4. The number of piperazine rings is 2. The maximum absolute atomic E-state index is 12.9. The van der Waals surface area contributed by atoms with E-state index < -0.39 is 0 Å². The fraction of sp³-hybridized carbons (Fsp3) is 0.440. The predicted molar refractivity (Wildman–Crippen MR) is 123 cm³/mol. The molecular formula is C25H32N4O3. The van der Waals surface area contributed by atoms with Gasteiger partial charge in [-0.05, 0) is 31.5 Å². The predicted octanol–water partition coefficient (Wildman–Crippen LogP) is 2.58. The molecule has 1 unspecified atom stereocenters. The van der Waals surface area contributed by atoms with Crippen molar-refractivity contribution in [1.82, 2.24) is 20.0 Å². The van der Waals surface area contributed by atoms with Crippen molar-refractivity contribution in [2.45, 2.75) is 32.0 Å². The van der Waals surface area contributed by atoms with Gasteiger partial charge in [-0.3, -0.25) is 9.69 Å². The highest BCUT2D eigenvalue weighted by Gasteiger charge is 2.44. The zero-order chi connectivity index (χ0) is 22.6. The van der Waals surface area contributed by atoms with Crippen LogP contribution >= 0.6 is 0 Å². The third kappa shape index (κ3) is 5.22. The third-order valence-corrected chi connectivity index (χ3v) is 6.30. The standard InChI is InChI=1S/C25H32N4O3/c1-25(2)19-28(24(31)26-15-20-9-5-3-6-10-20)17-21-16-27(13-14-29(21)25)23(30)18-32-22-11-7-4-8-12-22/h3-12,21H,13-19H2,1-2H3,(H,26,31). The van der Waals surface area contributed by atoms with E-state index in [0.29, 0.717) is 38.5 Å². The fourth-order valence-corrected chi connectivity index (χ4v) is 4.70. The Labute approximate surface area is 189 Å². The zero-order valence-electron chi connectivity index (χ0n) is 18.9. The molecule has 1 atom stereocenters. The number of ether oxygens (including phenoxy) is 1. The Kier molecular flexibility index (Phi) is 6.65. The Hall–Kier alpha value is -3.06. The summed E-state index contributed by atoms with van der Waals surface area (Å²) in [7, 11) is 0. The van der Waals surface area contributed by atoms with Gasteiger partial charge in [-0.25, -0.2) is 4.79 Å². The lowest BCUT2D eigenvalue weighted by Gasteiger charge is -2.55. The lowest BCUT2D eigenvalue weighted by Crippen LogP contribution is -2.71. The van der Waals surface area contributed by atoms with Gasteiger partial charge in [-0.15, -0.1) is 0 Å². The highest BCUT2D eigenvalue weighted by Crippen LogP contribution is 2.28. The molecule has 0 saturated carbocycles. The van der Waals surface area contributed by atoms with Crippen LogP contribution in [0.1, 0.15) is 19.4 Å². The lowest BCUT2D eigenvalue weighted by molar-refractivity contribution is -0.140. The molecule has 0 aromatic heterocycles. The molecule has 0 bridgehead atoms. The summed E-state index contributed by atoms with van der Waals surface area (Å²) >= 11 is 0. The minimum absolute atomic E-state index is 0.0167. The summed E-state index contributed by atoms with van der Waals surface area (Å²) in [6.45, 7) is 8.23. The highest BCUT2D eigenvalue weighted by molar-refractivity contribution is 5.78. The molecule has 7 nitrogen and oxygen atoms in total. The average molecular weight is 437 g/mol. The number of carbonyl (C=O) groups excluding carboxylic acids is 2. The number of benzene rings is 2. The first-order valence-corrected chi connectivity index (χ1v) is 11.2. The van der Waals surface area contributed by atoms with Crippen LogP contribution in [-0.2, 0) is 11.3 Å². The topological polar surface area (TPSA) is 65.1 Å². The van der Waals surface area contributed by atoms with E-state index in [-0.39, 0.29) is 30.1 Å². The molecule has 0 radical (unpaired) electrons. The van der Waals surface area contributed by atoms with Gasteiger partial charge >= 0.3 is 6.03 Å². The Balaban J connectivity index is 1.34. The number of carbonyl (C=O) groups is 2. The summed E-state index contributed by atoms with van der Waals surface area (Å²) in [4.78, 5) is 31.9. The van der Waals surface area contributed by atoms with E-state index in [1.54, 1.807) is 0 Å². The normalized spacial score (nSPS) is 20.4. The van der Waals surface area contributed by atoms with Gasteiger partial charge in [0.25, 0.3) is 5.91 Å². The van der Waals surface area contributed by atoms with E-state index in [1.165, 1.54) is 0 Å². The number of para-hydroxylation sites is 1. The first kappa shape index (κ1) is 22.1. The van der Waals surface area contributed by atoms with Gasteiger partial charge < -0.3 is 19.9 Å². The Morgan fingerprint density at radius 1 is 0.969 bits per heavy atom. The Morgan fingerprint density at radius 3 is 2.34 bits per heavy atom. The van der Waals surface area contributed by atoms with E-state index in [4.69, 9.17) is 4.74 Å². The van der Waals surface area contributed by atoms with E-state index >= 15 is 0 Å². The van der Waals surface area contributed by atoms with E-state index in [0.717, 1.165) is 12.1 Å². The van der Waals surface area contributed by atoms with Crippen molar-refractivity contribution >= 4 is 11.9 Å². The highest BCUT2D eigenvalue weighted by atomic mass is 16.5. The lowest BCUT2D eigenvalue weighted by atomic mass is 9.93. The molecule has 4 rings (SSSR count). The fourth-order valence-electron chi connectivity index (χ4n) is 4.70. The molecule has 3 amide bonds. The van der Waals surface area contributed by atoms with Gasteiger partial charge in [0.2, 0.25) is 0 Å². The number of hydrogen-bond acceptors (Lipinski definition) is 4. The minimum atomic E-state index is -0.150. The van der Waals surface area contributed by atoms with Gasteiger partial charge in [0, 0.05) is 50.8 Å². The van der Waals surface area contributed by atoms with Crippen molar-refractivity contribution in [3.05, 3.63) is 66.2 Å². The molecule has 2 aromatic rings. The summed E-state index contributed by atoms with van der Waals surface area (Å²) in [6, 6.07) is 19.4. The van der Waals surface area contributed by atoms with Crippen LogP contribution in [0.5, 0.6) is 5.75 Å². The van der Waals surface area contributed by atoms with Crippen LogP contribution in [0.4, 0.5) is 4.79 Å². The number of fused-ring (bicyclic) bond motifs is 1. The van der Waals surface area contributed by atoms with Crippen LogP contribution in [0.25, 0.3) is 0 Å². The van der Waals surface area contributed by atoms with Gasteiger partial charge in [0.15, 0.2) is 6.61 Å². The number of hydrogen-bond donors (Lipinski definition) is 1. The molecule has 2 aliphatic rings. The van der Waals surface area contributed by atoms with Gasteiger partial charge in [-0.2, -0.15) is 0 Å². The van der Waals surface area contributed by atoms with E-state index in [9.17, 15) is 9.59 Å².